The van der Waals surface area contributed by atoms with Gasteiger partial charge in [-0.2, -0.15) is 0 Å². The highest BCUT2D eigenvalue weighted by molar-refractivity contribution is 7.13. The lowest BCUT2D eigenvalue weighted by Crippen LogP contribution is -2.21. The van der Waals surface area contributed by atoms with Gasteiger partial charge in [0.05, 0.1) is 6.04 Å². The van der Waals surface area contributed by atoms with E-state index in [1.807, 2.05) is 22.7 Å². The molecule has 3 heteroatoms. The molecule has 0 fully saturated rings. The van der Waals surface area contributed by atoms with Crippen LogP contribution in [-0.2, 0) is 12.8 Å². The van der Waals surface area contributed by atoms with E-state index in [-0.39, 0.29) is 0 Å². The normalized spacial score (nSPS) is 16.3. The Morgan fingerprint density at radius 2 is 2.16 bits per heavy atom. The number of nitrogens with one attached hydrogen (secondary N) is 1. The smallest absolute Gasteiger partial charge is 0.0765 e. The van der Waals surface area contributed by atoms with Crippen molar-refractivity contribution in [3.05, 3.63) is 43.8 Å². The van der Waals surface area contributed by atoms with Crippen molar-refractivity contribution in [1.82, 2.24) is 5.32 Å². The van der Waals surface area contributed by atoms with Crippen molar-refractivity contribution >= 4 is 22.7 Å². The minimum Gasteiger partial charge on any atom is -0.305 e. The average Bonchev–Trinajstić information content (AvgIpc) is 3.08. The van der Waals surface area contributed by atoms with Crippen LogP contribution in [0.5, 0.6) is 0 Å². The average molecular weight is 291 g/mol. The Morgan fingerprint density at radius 1 is 1.26 bits per heavy atom. The van der Waals surface area contributed by atoms with E-state index < -0.39 is 0 Å². The summed E-state index contributed by atoms with van der Waals surface area (Å²) in [6.07, 6.45) is 6.52. The molecule has 0 amide bonds. The summed E-state index contributed by atoms with van der Waals surface area (Å²) >= 11 is 3.90. The molecule has 1 nitrogen and oxygen atoms in total. The van der Waals surface area contributed by atoms with Gasteiger partial charge in [0.25, 0.3) is 0 Å². The second kappa shape index (κ2) is 6.21. The first-order valence-corrected chi connectivity index (χ1v) is 8.96. The highest BCUT2D eigenvalue weighted by atomic mass is 32.1. The van der Waals surface area contributed by atoms with Crippen molar-refractivity contribution in [2.24, 2.45) is 0 Å². The molecule has 0 aliphatic heterocycles. The fourth-order valence-corrected chi connectivity index (χ4v) is 4.99. The van der Waals surface area contributed by atoms with E-state index in [9.17, 15) is 0 Å². The first-order valence-electron chi connectivity index (χ1n) is 7.26. The van der Waals surface area contributed by atoms with Gasteiger partial charge in [0, 0.05) is 14.6 Å². The molecular formula is C16H21NS2. The number of fused-ring (bicyclic) bond motifs is 1. The maximum Gasteiger partial charge on any atom is 0.0765 e. The van der Waals surface area contributed by atoms with Crippen molar-refractivity contribution in [3.63, 3.8) is 0 Å². The van der Waals surface area contributed by atoms with Gasteiger partial charge < -0.3 is 5.32 Å². The molecule has 1 unspecified atom stereocenters. The lowest BCUT2D eigenvalue weighted by atomic mass is 9.98. The van der Waals surface area contributed by atoms with Crippen LogP contribution in [0.2, 0.25) is 0 Å². The monoisotopic (exact) mass is 291 g/mol. The van der Waals surface area contributed by atoms with E-state index in [4.69, 9.17) is 0 Å². The molecule has 1 aliphatic rings. The van der Waals surface area contributed by atoms with E-state index >= 15 is 0 Å². The SMILES string of the molecule is CCCNC(c1cccs1)c1cc2c(s1)CCCC2. The van der Waals surface area contributed by atoms with Gasteiger partial charge in [-0.3, -0.25) is 0 Å². The first kappa shape index (κ1) is 13.3. The zero-order chi connectivity index (χ0) is 13.1. The number of rotatable bonds is 5. The second-order valence-corrected chi connectivity index (χ2v) is 7.35. The van der Waals surface area contributed by atoms with Crippen molar-refractivity contribution in [2.45, 2.75) is 45.1 Å². The van der Waals surface area contributed by atoms with Crippen molar-refractivity contribution < 1.29 is 0 Å². The lowest BCUT2D eigenvalue weighted by Gasteiger charge is -2.15. The zero-order valence-corrected chi connectivity index (χ0v) is 13.1. The van der Waals surface area contributed by atoms with Crippen LogP contribution in [0.15, 0.2) is 23.6 Å². The molecule has 0 saturated heterocycles. The predicted molar refractivity (Wildman–Crippen MR) is 85.4 cm³/mol. The summed E-state index contributed by atoms with van der Waals surface area (Å²) in [6.45, 7) is 3.32. The molecule has 0 radical (unpaired) electrons. The number of hydrogen-bond acceptors (Lipinski definition) is 3. The van der Waals surface area contributed by atoms with E-state index in [0.717, 1.165) is 6.54 Å². The summed E-state index contributed by atoms with van der Waals surface area (Å²) in [4.78, 5) is 4.61. The van der Waals surface area contributed by atoms with E-state index in [2.05, 4.69) is 35.8 Å². The fraction of sp³-hybridized carbons (Fsp3) is 0.500. The van der Waals surface area contributed by atoms with Crippen molar-refractivity contribution in [3.8, 4) is 0 Å². The molecule has 102 valence electrons. The molecule has 2 aromatic heterocycles. The molecule has 0 spiro atoms. The Hall–Kier alpha value is -0.640. The molecule has 19 heavy (non-hydrogen) atoms. The predicted octanol–water partition coefficient (Wildman–Crippen LogP) is 4.78. The maximum absolute atomic E-state index is 3.72. The van der Waals surface area contributed by atoms with Gasteiger partial charge >= 0.3 is 0 Å². The van der Waals surface area contributed by atoms with Crippen LogP contribution in [0.4, 0.5) is 0 Å². The zero-order valence-electron chi connectivity index (χ0n) is 11.4. The topological polar surface area (TPSA) is 12.0 Å². The Morgan fingerprint density at radius 3 is 2.89 bits per heavy atom. The molecular weight excluding hydrogens is 270 g/mol. The van der Waals surface area contributed by atoms with Gasteiger partial charge in [-0.05, 0) is 61.7 Å². The van der Waals surface area contributed by atoms with Crippen LogP contribution >= 0.6 is 22.7 Å². The maximum atomic E-state index is 3.72. The lowest BCUT2D eigenvalue weighted by molar-refractivity contribution is 0.612. The molecule has 2 heterocycles. The highest BCUT2D eigenvalue weighted by Gasteiger charge is 2.20. The van der Waals surface area contributed by atoms with Crippen LogP contribution in [0.25, 0.3) is 0 Å². The fourth-order valence-electron chi connectivity index (χ4n) is 2.74. The van der Waals surface area contributed by atoms with Crippen LogP contribution < -0.4 is 5.32 Å². The van der Waals surface area contributed by atoms with Crippen LogP contribution in [0.1, 0.15) is 52.4 Å². The number of thiophene rings is 2. The third-order valence-electron chi connectivity index (χ3n) is 3.73. The van der Waals surface area contributed by atoms with Gasteiger partial charge in [0.1, 0.15) is 0 Å². The largest absolute Gasteiger partial charge is 0.305 e. The molecule has 0 bridgehead atoms. The first-order chi connectivity index (χ1) is 9.38. The number of hydrogen-bond donors (Lipinski definition) is 1. The minimum atomic E-state index is 0.413. The summed E-state index contributed by atoms with van der Waals surface area (Å²) in [5.74, 6) is 0. The Bertz CT molecular complexity index is 489. The second-order valence-electron chi connectivity index (χ2n) is 5.21. The Kier molecular flexibility index (Phi) is 4.36. The van der Waals surface area contributed by atoms with Crippen molar-refractivity contribution in [1.29, 1.82) is 0 Å². The van der Waals surface area contributed by atoms with Gasteiger partial charge in [-0.25, -0.2) is 0 Å². The van der Waals surface area contributed by atoms with Gasteiger partial charge in [-0.1, -0.05) is 13.0 Å². The van der Waals surface area contributed by atoms with Crippen molar-refractivity contribution in [2.75, 3.05) is 6.54 Å². The van der Waals surface area contributed by atoms with Crippen LogP contribution in [-0.4, -0.2) is 6.54 Å². The molecule has 0 saturated carbocycles. The van der Waals surface area contributed by atoms with Gasteiger partial charge in [-0.15, -0.1) is 22.7 Å². The third kappa shape index (κ3) is 2.93. The molecule has 1 aliphatic carbocycles. The minimum absolute atomic E-state index is 0.413. The molecule has 0 aromatic carbocycles. The summed E-state index contributed by atoms with van der Waals surface area (Å²) in [7, 11) is 0. The summed E-state index contributed by atoms with van der Waals surface area (Å²) in [5, 5.41) is 5.90. The van der Waals surface area contributed by atoms with E-state index in [1.54, 1.807) is 10.4 Å². The third-order valence-corrected chi connectivity index (χ3v) is 5.97. The van der Waals surface area contributed by atoms with Gasteiger partial charge in [0.2, 0.25) is 0 Å². The summed E-state index contributed by atoms with van der Waals surface area (Å²) in [6, 6.07) is 7.30. The van der Waals surface area contributed by atoms with E-state index in [1.165, 1.54) is 41.9 Å². The van der Waals surface area contributed by atoms with E-state index in [0.29, 0.717) is 6.04 Å². The summed E-state index contributed by atoms with van der Waals surface area (Å²) in [5.41, 5.74) is 1.62. The van der Waals surface area contributed by atoms with Crippen LogP contribution in [0.3, 0.4) is 0 Å². The molecule has 2 aromatic rings. The Balaban J connectivity index is 1.88. The quantitative estimate of drug-likeness (QED) is 0.836. The highest BCUT2D eigenvalue weighted by Crippen LogP contribution is 2.36. The van der Waals surface area contributed by atoms with Gasteiger partial charge in [0.15, 0.2) is 0 Å². The molecule has 1 N–H and O–H groups in total. The van der Waals surface area contributed by atoms with Crippen LogP contribution in [0, 0.1) is 0 Å². The molecule has 1 atom stereocenters. The molecule has 3 rings (SSSR count). The Labute approximate surface area is 123 Å². The summed E-state index contributed by atoms with van der Waals surface area (Å²) < 4.78 is 0. The standard InChI is InChI=1S/C16H21NS2/c1-2-9-17-16(14-8-5-10-18-14)15-11-12-6-3-4-7-13(12)19-15/h5,8,10-11,16-17H,2-4,6-7,9H2,1H3. The number of aryl methyl sites for hydroxylation is 2.